The van der Waals surface area contributed by atoms with Gasteiger partial charge in [-0.2, -0.15) is 0 Å². The van der Waals surface area contributed by atoms with Crippen LogP contribution in [0.2, 0.25) is 0 Å². The van der Waals surface area contributed by atoms with Crippen molar-refractivity contribution in [3.05, 3.63) is 0 Å². The summed E-state index contributed by atoms with van der Waals surface area (Å²) in [4.78, 5) is 28.0. The van der Waals surface area contributed by atoms with Crippen molar-refractivity contribution in [2.45, 2.75) is 40.5 Å². The van der Waals surface area contributed by atoms with Crippen LogP contribution in [0.5, 0.6) is 0 Å². The zero-order chi connectivity index (χ0) is 15.8. The van der Waals surface area contributed by atoms with E-state index in [4.69, 9.17) is 0 Å². The Labute approximate surface area is 127 Å². The van der Waals surface area contributed by atoms with Crippen molar-refractivity contribution in [3.8, 4) is 0 Å². The summed E-state index contributed by atoms with van der Waals surface area (Å²) >= 11 is 0. The minimum Gasteiger partial charge on any atom is -0.481 e. The third-order valence-electron chi connectivity index (χ3n) is 5.24. The van der Waals surface area contributed by atoms with Crippen LogP contribution in [-0.4, -0.2) is 53.1 Å². The number of urea groups is 1. The van der Waals surface area contributed by atoms with Crippen LogP contribution >= 0.6 is 0 Å². The van der Waals surface area contributed by atoms with Gasteiger partial charge in [0.15, 0.2) is 0 Å². The molecule has 2 fully saturated rings. The number of rotatable bonds is 2. The Morgan fingerprint density at radius 3 is 2.14 bits per heavy atom. The Bertz CT molecular complexity index is 414. The summed E-state index contributed by atoms with van der Waals surface area (Å²) in [5.41, 5.74) is -0.775. The van der Waals surface area contributed by atoms with Crippen LogP contribution in [-0.2, 0) is 4.79 Å². The lowest BCUT2D eigenvalue weighted by Gasteiger charge is -2.37. The van der Waals surface area contributed by atoms with Crippen molar-refractivity contribution in [1.29, 1.82) is 0 Å². The molecule has 3 unspecified atom stereocenters. The first-order valence-corrected chi connectivity index (χ1v) is 8.03. The predicted molar refractivity (Wildman–Crippen MR) is 81.0 cm³/mol. The van der Waals surface area contributed by atoms with Crippen LogP contribution in [0.3, 0.4) is 0 Å². The summed E-state index contributed by atoms with van der Waals surface area (Å²) in [5, 5.41) is 9.58. The Balaban J connectivity index is 2.06. The molecule has 0 radical (unpaired) electrons. The summed E-state index contributed by atoms with van der Waals surface area (Å²) in [6.45, 7) is 10.7. The van der Waals surface area contributed by atoms with Crippen LogP contribution in [0.15, 0.2) is 0 Å². The molecule has 120 valence electrons. The first-order valence-electron chi connectivity index (χ1n) is 8.03. The van der Waals surface area contributed by atoms with Gasteiger partial charge in [0.25, 0.3) is 0 Å². The number of nitrogens with zero attached hydrogens (tertiary/aromatic N) is 2. The first-order chi connectivity index (χ1) is 9.76. The predicted octanol–water partition coefficient (Wildman–Crippen LogP) is 2.52. The molecule has 0 aromatic carbocycles. The minimum absolute atomic E-state index is 0.0252. The molecule has 3 atom stereocenters. The summed E-state index contributed by atoms with van der Waals surface area (Å²) in [7, 11) is 0. The van der Waals surface area contributed by atoms with Gasteiger partial charge in [-0.15, -0.1) is 0 Å². The van der Waals surface area contributed by atoms with Gasteiger partial charge in [0, 0.05) is 26.2 Å². The van der Waals surface area contributed by atoms with E-state index >= 15 is 0 Å². The number of carboxylic acid groups (broad SMARTS) is 1. The van der Waals surface area contributed by atoms with E-state index in [1.807, 2.05) is 18.7 Å². The molecule has 1 N–H and O–H groups in total. The number of hydrogen-bond acceptors (Lipinski definition) is 2. The lowest BCUT2D eigenvalue weighted by molar-refractivity contribution is -0.150. The number of carbonyl (C=O) groups is 2. The highest BCUT2D eigenvalue weighted by Gasteiger charge is 2.49. The van der Waals surface area contributed by atoms with Gasteiger partial charge in [0.2, 0.25) is 0 Å². The van der Waals surface area contributed by atoms with E-state index in [0.29, 0.717) is 31.3 Å². The number of likely N-dealkylation sites (tertiary alicyclic amines) is 2. The average molecular weight is 296 g/mol. The van der Waals surface area contributed by atoms with E-state index in [0.717, 1.165) is 19.5 Å². The fraction of sp³-hybridized carbons (Fsp3) is 0.875. The van der Waals surface area contributed by atoms with Gasteiger partial charge < -0.3 is 14.9 Å². The maximum absolute atomic E-state index is 12.7. The highest BCUT2D eigenvalue weighted by atomic mass is 16.4. The topological polar surface area (TPSA) is 60.9 Å². The van der Waals surface area contributed by atoms with E-state index in [1.54, 1.807) is 4.90 Å². The minimum atomic E-state index is -0.775. The van der Waals surface area contributed by atoms with E-state index in [2.05, 4.69) is 13.8 Å². The van der Waals surface area contributed by atoms with Crippen LogP contribution in [0, 0.1) is 23.2 Å². The monoisotopic (exact) mass is 296 g/mol. The SMILES string of the molecule is CC1CC(C)CN(C(=O)N2CCC(C(=O)O)(C(C)C)C2)C1. The lowest BCUT2D eigenvalue weighted by atomic mass is 9.76. The first kappa shape index (κ1) is 16.1. The molecule has 0 aromatic rings. The number of piperidine rings is 1. The van der Waals surface area contributed by atoms with Gasteiger partial charge in [-0.1, -0.05) is 27.7 Å². The van der Waals surface area contributed by atoms with Crippen molar-refractivity contribution in [1.82, 2.24) is 9.80 Å². The number of aliphatic carboxylic acids is 1. The molecular formula is C16H28N2O3. The van der Waals surface area contributed by atoms with Crippen LogP contribution in [0.1, 0.15) is 40.5 Å². The maximum atomic E-state index is 12.7. The van der Waals surface area contributed by atoms with Gasteiger partial charge >= 0.3 is 12.0 Å². The van der Waals surface area contributed by atoms with Gasteiger partial charge in [-0.25, -0.2) is 4.79 Å². The highest BCUT2D eigenvalue weighted by Crippen LogP contribution is 2.38. The second kappa shape index (κ2) is 5.85. The molecule has 0 bridgehead atoms. The zero-order valence-corrected chi connectivity index (χ0v) is 13.6. The molecule has 2 amide bonds. The molecule has 2 rings (SSSR count). The molecule has 2 aliphatic heterocycles. The van der Waals surface area contributed by atoms with Crippen LogP contribution in [0.25, 0.3) is 0 Å². The lowest BCUT2D eigenvalue weighted by Crippen LogP contribution is -2.50. The number of amides is 2. The van der Waals surface area contributed by atoms with E-state index in [-0.39, 0.29) is 11.9 Å². The second-order valence-electron chi connectivity index (χ2n) is 7.42. The summed E-state index contributed by atoms with van der Waals surface area (Å²) in [6, 6.07) is 0.0252. The van der Waals surface area contributed by atoms with Crippen molar-refractivity contribution >= 4 is 12.0 Å². The fourth-order valence-electron chi connectivity index (χ4n) is 3.91. The summed E-state index contributed by atoms with van der Waals surface area (Å²) < 4.78 is 0. The van der Waals surface area contributed by atoms with Crippen LogP contribution in [0.4, 0.5) is 4.79 Å². The van der Waals surface area contributed by atoms with Gasteiger partial charge in [0.1, 0.15) is 0 Å². The molecule has 21 heavy (non-hydrogen) atoms. The number of hydrogen-bond donors (Lipinski definition) is 1. The Hall–Kier alpha value is -1.26. The summed E-state index contributed by atoms with van der Waals surface area (Å²) in [5.74, 6) is 0.310. The summed E-state index contributed by atoms with van der Waals surface area (Å²) in [6.07, 6.45) is 1.72. The molecule has 0 aliphatic carbocycles. The van der Waals surface area contributed by atoms with Gasteiger partial charge in [-0.3, -0.25) is 4.79 Å². The highest BCUT2D eigenvalue weighted by molar-refractivity contribution is 5.80. The molecule has 5 heteroatoms. The number of carboxylic acids is 1. The van der Waals surface area contributed by atoms with Crippen molar-refractivity contribution < 1.29 is 14.7 Å². The van der Waals surface area contributed by atoms with Crippen molar-refractivity contribution in [3.63, 3.8) is 0 Å². The third-order valence-corrected chi connectivity index (χ3v) is 5.24. The Morgan fingerprint density at radius 2 is 1.71 bits per heavy atom. The molecule has 0 spiro atoms. The standard InChI is InChI=1S/C16H28N2O3/c1-11(2)16(14(19)20)5-6-17(10-16)15(21)18-8-12(3)7-13(4)9-18/h11-13H,5-10H2,1-4H3,(H,19,20). The maximum Gasteiger partial charge on any atom is 0.320 e. The second-order valence-corrected chi connectivity index (χ2v) is 7.42. The van der Waals surface area contributed by atoms with Crippen molar-refractivity contribution in [2.24, 2.45) is 23.2 Å². The van der Waals surface area contributed by atoms with Gasteiger partial charge in [0.05, 0.1) is 5.41 Å². The number of carbonyl (C=O) groups excluding carboxylic acids is 1. The molecule has 2 saturated heterocycles. The molecular weight excluding hydrogens is 268 g/mol. The molecule has 0 aromatic heterocycles. The van der Waals surface area contributed by atoms with Crippen LogP contribution < -0.4 is 0 Å². The fourth-order valence-corrected chi connectivity index (χ4v) is 3.91. The molecule has 2 heterocycles. The van der Waals surface area contributed by atoms with E-state index in [1.165, 1.54) is 0 Å². The normalized spacial score (nSPS) is 33.6. The van der Waals surface area contributed by atoms with E-state index < -0.39 is 11.4 Å². The molecule has 2 aliphatic rings. The molecule has 5 nitrogen and oxygen atoms in total. The third kappa shape index (κ3) is 3.01. The average Bonchev–Trinajstić information content (AvgIpc) is 2.83. The Morgan fingerprint density at radius 1 is 1.14 bits per heavy atom. The zero-order valence-electron chi connectivity index (χ0n) is 13.6. The smallest absolute Gasteiger partial charge is 0.320 e. The Kier molecular flexibility index (Phi) is 4.49. The van der Waals surface area contributed by atoms with E-state index in [9.17, 15) is 14.7 Å². The van der Waals surface area contributed by atoms with Gasteiger partial charge in [-0.05, 0) is 30.6 Å². The molecule has 0 saturated carbocycles. The quantitative estimate of drug-likeness (QED) is 0.851. The van der Waals surface area contributed by atoms with Crippen molar-refractivity contribution in [2.75, 3.05) is 26.2 Å². The largest absolute Gasteiger partial charge is 0.481 e.